The zero-order chi connectivity index (χ0) is 13.2. The number of nitrogens with two attached hydrogens (primary N) is 1. The van der Waals surface area contributed by atoms with E-state index in [1.165, 1.54) is 29.2 Å². The molecule has 19 heavy (non-hydrogen) atoms. The fraction of sp³-hybridized carbons (Fsp3) is 0.235. The summed E-state index contributed by atoms with van der Waals surface area (Å²) in [7, 11) is 0. The summed E-state index contributed by atoms with van der Waals surface area (Å²) >= 11 is 0. The highest BCUT2D eigenvalue weighted by atomic mass is 14.7. The van der Waals surface area contributed by atoms with Crippen LogP contribution in [-0.2, 0) is 6.42 Å². The number of aromatic nitrogens is 1. The van der Waals surface area contributed by atoms with Gasteiger partial charge >= 0.3 is 0 Å². The van der Waals surface area contributed by atoms with Crippen LogP contribution in [0.3, 0.4) is 0 Å². The van der Waals surface area contributed by atoms with Gasteiger partial charge in [0.25, 0.3) is 0 Å². The Kier molecular flexibility index (Phi) is 3.08. The van der Waals surface area contributed by atoms with Crippen molar-refractivity contribution in [3.63, 3.8) is 0 Å². The molecule has 0 aliphatic carbocycles. The maximum atomic E-state index is 5.88. The van der Waals surface area contributed by atoms with Crippen LogP contribution in [0.4, 0.5) is 5.69 Å². The molecule has 0 spiro atoms. The summed E-state index contributed by atoms with van der Waals surface area (Å²) in [5, 5.41) is 2.51. The largest absolute Gasteiger partial charge is 0.399 e. The van der Waals surface area contributed by atoms with Gasteiger partial charge in [-0.25, -0.2) is 4.98 Å². The van der Waals surface area contributed by atoms with Crippen LogP contribution in [0.2, 0.25) is 0 Å². The van der Waals surface area contributed by atoms with Gasteiger partial charge in [0.2, 0.25) is 0 Å². The van der Waals surface area contributed by atoms with E-state index in [0.717, 1.165) is 23.1 Å². The van der Waals surface area contributed by atoms with Crippen molar-refractivity contribution >= 4 is 27.5 Å². The molecule has 1 aromatic heterocycles. The molecule has 0 aliphatic rings. The van der Waals surface area contributed by atoms with Gasteiger partial charge in [0.15, 0.2) is 0 Å². The monoisotopic (exact) mass is 250 g/mol. The standard InChI is InChI=1S/C17H18N2/c1-2-3-6-13-14-7-4-5-8-16(14)19-17-11-12(18)9-10-15(13)17/h4-5,7-11H,2-3,6,18H2,1H3. The minimum Gasteiger partial charge on any atom is -0.399 e. The van der Waals surface area contributed by atoms with E-state index in [2.05, 4.69) is 31.2 Å². The van der Waals surface area contributed by atoms with Crippen LogP contribution in [0, 0.1) is 0 Å². The third-order valence-electron chi connectivity index (χ3n) is 3.60. The van der Waals surface area contributed by atoms with Crippen LogP contribution in [0.5, 0.6) is 0 Å². The Labute approximate surface area is 113 Å². The van der Waals surface area contributed by atoms with E-state index in [0.29, 0.717) is 0 Å². The maximum absolute atomic E-state index is 5.88. The van der Waals surface area contributed by atoms with Crippen LogP contribution < -0.4 is 5.73 Å². The summed E-state index contributed by atoms with van der Waals surface area (Å²) in [5.41, 5.74) is 10.1. The number of hydrogen-bond acceptors (Lipinski definition) is 2. The second-order valence-electron chi connectivity index (χ2n) is 4.99. The van der Waals surface area contributed by atoms with Crippen molar-refractivity contribution in [3.05, 3.63) is 48.0 Å². The second-order valence-corrected chi connectivity index (χ2v) is 4.99. The predicted octanol–water partition coefficient (Wildman–Crippen LogP) is 4.31. The molecule has 1 heterocycles. The lowest BCUT2D eigenvalue weighted by Gasteiger charge is -2.11. The zero-order valence-corrected chi connectivity index (χ0v) is 11.2. The number of rotatable bonds is 3. The quantitative estimate of drug-likeness (QED) is 0.555. The average molecular weight is 250 g/mol. The summed E-state index contributed by atoms with van der Waals surface area (Å²) < 4.78 is 0. The van der Waals surface area contributed by atoms with Gasteiger partial charge in [-0.3, -0.25) is 0 Å². The van der Waals surface area contributed by atoms with Crippen molar-refractivity contribution in [2.75, 3.05) is 5.73 Å². The topological polar surface area (TPSA) is 38.9 Å². The Hall–Kier alpha value is -2.09. The summed E-state index contributed by atoms with van der Waals surface area (Å²) in [6.45, 7) is 2.23. The van der Waals surface area contributed by atoms with Gasteiger partial charge in [-0.05, 0) is 36.6 Å². The number of nitrogens with zero attached hydrogens (tertiary/aromatic N) is 1. The third-order valence-corrected chi connectivity index (χ3v) is 3.60. The molecular formula is C17H18N2. The highest BCUT2D eigenvalue weighted by Gasteiger charge is 2.08. The zero-order valence-electron chi connectivity index (χ0n) is 11.2. The number of anilines is 1. The first kappa shape index (κ1) is 12.0. The van der Waals surface area contributed by atoms with Crippen LogP contribution in [-0.4, -0.2) is 4.98 Å². The van der Waals surface area contributed by atoms with Gasteiger partial charge in [-0.1, -0.05) is 37.6 Å². The number of unbranched alkanes of at least 4 members (excludes halogenated alkanes) is 1. The first-order valence-corrected chi connectivity index (χ1v) is 6.86. The Bertz CT molecular complexity index is 732. The summed E-state index contributed by atoms with van der Waals surface area (Å²) in [6.07, 6.45) is 3.50. The van der Waals surface area contributed by atoms with E-state index in [1.54, 1.807) is 0 Å². The van der Waals surface area contributed by atoms with Crippen LogP contribution >= 0.6 is 0 Å². The molecule has 0 saturated carbocycles. The lowest BCUT2D eigenvalue weighted by Crippen LogP contribution is -1.94. The molecule has 0 aliphatic heterocycles. The Morgan fingerprint density at radius 1 is 1.00 bits per heavy atom. The van der Waals surface area contributed by atoms with Gasteiger partial charge in [-0.2, -0.15) is 0 Å². The summed E-state index contributed by atoms with van der Waals surface area (Å²) in [4.78, 5) is 4.73. The van der Waals surface area contributed by atoms with Gasteiger partial charge in [0.1, 0.15) is 0 Å². The molecule has 3 aromatic rings. The summed E-state index contributed by atoms with van der Waals surface area (Å²) in [6, 6.07) is 14.4. The minimum atomic E-state index is 0.775. The average Bonchev–Trinajstić information content (AvgIpc) is 2.43. The first-order valence-electron chi connectivity index (χ1n) is 6.86. The molecule has 0 amide bonds. The second kappa shape index (κ2) is 4.88. The summed E-state index contributed by atoms with van der Waals surface area (Å²) in [5.74, 6) is 0. The maximum Gasteiger partial charge on any atom is 0.0732 e. The molecular weight excluding hydrogens is 232 g/mol. The number of pyridine rings is 1. The molecule has 0 fully saturated rings. The SMILES string of the molecule is CCCCc1c2ccccc2nc2cc(N)ccc12. The van der Waals surface area contributed by atoms with E-state index < -0.39 is 0 Å². The molecule has 0 radical (unpaired) electrons. The molecule has 3 rings (SSSR count). The van der Waals surface area contributed by atoms with Crippen LogP contribution in [0.25, 0.3) is 21.8 Å². The van der Waals surface area contributed by atoms with E-state index in [1.807, 2.05) is 18.2 Å². The van der Waals surface area contributed by atoms with E-state index in [9.17, 15) is 0 Å². The minimum absolute atomic E-state index is 0.775. The van der Waals surface area contributed by atoms with Gasteiger partial charge in [0, 0.05) is 16.5 Å². The van der Waals surface area contributed by atoms with Crippen molar-refractivity contribution in [1.82, 2.24) is 4.98 Å². The number of nitrogen functional groups attached to an aromatic ring is 1. The molecule has 2 nitrogen and oxygen atoms in total. The van der Waals surface area contributed by atoms with Crippen molar-refractivity contribution in [2.45, 2.75) is 26.2 Å². The number of benzene rings is 2. The van der Waals surface area contributed by atoms with Crippen molar-refractivity contribution < 1.29 is 0 Å². The molecule has 0 saturated heterocycles. The molecule has 2 N–H and O–H groups in total. The van der Waals surface area contributed by atoms with Crippen molar-refractivity contribution in [3.8, 4) is 0 Å². The van der Waals surface area contributed by atoms with E-state index in [-0.39, 0.29) is 0 Å². The first-order chi connectivity index (χ1) is 9.29. The molecule has 96 valence electrons. The number of fused-ring (bicyclic) bond motifs is 2. The molecule has 0 bridgehead atoms. The van der Waals surface area contributed by atoms with Gasteiger partial charge < -0.3 is 5.73 Å². The molecule has 2 heteroatoms. The lowest BCUT2D eigenvalue weighted by atomic mass is 9.98. The van der Waals surface area contributed by atoms with Crippen LogP contribution in [0.1, 0.15) is 25.3 Å². The number of para-hydroxylation sites is 1. The van der Waals surface area contributed by atoms with E-state index >= 15 is 0 Å². The fourth-order valence-corrected chi connectivity index (χ4v) is 2.62. The Morgan fingerprint density at radius 3 is 2.63 bits per heavy atom. The van der Waals surface area contributed by atoms with Crippen molar-refractivity contribution in [2.24, 2.45) is 0 Å². The Morgan fingerprint density at radius 2 is 1.79 bits per heavy atom. The fourth-order valence-electron chi connectivity index (χ4n) is 2.62. The van der Waals surface area contributed by atoms with E-state index in [4.69, 9.17) is 10.7 Å². The molecule has 0 unspecified atom stereocenters. The highest BCUT2D eigenvalue weighted by Crippen LogP contribution is 2.28. The lowest BCUT2D eigenvalue weighted by molar-refractivity contribution is 0.802. The van der Waals surface area contributed by atoms with Crippen LogP contribution in [0.15, 0.2) is 42.5 Å². The van der Waals surface area contributed by atoms with Gasteiger partial charge in [0.05, 0.1) is 11.0 Å². The van der Waals surface area contributed by atoms with Gasteiger partial charge in [-0.15, -0.1) is 0 Å². The Balaban J connectivity index is 2.35. The number of aryl methyl sites for hydroxylation is 1. The molecule has 2 aromatic carbocycles. The normalized spacial score (nSPS) is 11.2. The molecule has 0 atom stereocenters. The smallest absolute Gasteiger partial charge is 0.0732 e. The number of hydrogen-bond donors (Lipinski definition) is 1. The van der Waals surface area contributed by atoms with Crippen molar-refractivity contribution in [1.29, 1.82) is 0 Å². The third kappa shape index (κ3) is 2.14. The highest BCUT2D eigenvalue weighted by molar-refractivity contribution is 5.98. The predicted molar refractivity (Wildman–Crippen MR) is 82.3 cm³/mol.